The van der Waals surface area contributed by atoms with Gasteiger partial charge < -0.3 is 14.5 Å². The Bertz CT molecular complexity index is 934. The van der Waals surface area contributed by atoms with Crippen LogP contribution in [0.3, 0.4) is 0 Å². The number of methoxy groups -OCH3 is 1. The summed E-state index contributed by atoms with van der Waals surface area (Å²) < 4.78 is 10.8. The van der Waals surface area contributed by atoms with Gasteiger partial charge in [0.15, 0.2) is 0 Å². The molecule has 0 atom stereocenters. The maximum Gasteiger partial charge on any atom is 0.414 e. The summed E-state index contributed by atoms with van der Waals surface area (Å²) >= 11 is 0. The molecule has 2 aromatic heterocycles. The van der Waals surface area contributed by atoms with Crippen molar-refractivity contribution >= 4 is 28.6 Å². The van der Waals surface area contributed by atoms with Gasteiger partial charge in [0.05, 0.1) is 18.4 Å². The molecule has 2 N–H and O–H groups in total. The number of fused-ring (bicyclic) bond motifs is 3. The maximum absolute atomic E-state index is 12.8. The van der Waals surface area contributed by atoms with Crippen LogP contribution in [0, 0.1) is 5.41 Å². The molecular weight excluding hydrogens is 344 g/mol. The number of ether oxygens (including phenoxy) is 2. The Balaban J connectivity index is 2.19. The standard InChI is InChI=1S/C20H26N4O3/c1-19(2,3)27-18(25)24-10-13(16(21)26-6)15-14(20(4,5)11-24)12-8-7-9-22-17(12)23-15/h7-10,21H,11H2,1-6H3,(H,22,23). The fourth-order valence-electron chi connectivity index (χ4n) is 3.42. The molecule has 7 nitrogen and oxygen atoms in total. The van der Waals surface area contributed by atoms with Crippen LogP contribution in [0.1, 0.15) is 45.9 Å². The summed E-state index contributed by atoms with van der Waals surface area (Å²) in [6.45, 7) is 10.0. The highest BCUT2D eigenvalue weighted by molar-refractivity contribution is 6.19. The van der Waals surface area contributed by atoms with E-state index in [0.29, 0.717) is 12.1 Å². The van der Waals surface area contributed by atoms with Crippen LogP contribution in [0.4, 0.5) is 4.79 Å². The summed E-state index contributed by atoms with van der Waals surface area (Å²) in [5.41, 5.74) is 1.97. The lowest BCUT2D eigenvalue weighted by molar-refractivity contribution is 0.0311. The van der Waals surface area contributed by atoms with E-state index in [1.54, 1.807) is 12.4 Å². The molecular formula is C20H26N4O3. The normalized spacial score (nSPS) is 16.4. The third kappa shape index (κ3) is 3.54. The van der Waals surface area contributed by atoms with Crippen molar-refractivity contribution in [2.24, 2.45) is 0 Å². The Hall–Kier alpha value is -2.83. The van der Waals surface area contributed by atoms with E-state index >= 15 is 0 Å². The van der Waals surface area contributed by atoms with Crippen molar-refractivity contribution in [3.63, 3.8) is 0 Å². The van der Waals surface area contributed by atoms with Gasteiger partial charge in [-0.2, -0.15) is 0 Å². The first-order valence-electron chi connectivity index (χ1n) is 8.85. The Morgan fingerprint density at radius 3 is 2.70 bits per heavy atom. The van der Waals surface area contributed by atoms with Crippen molar-refractivity contribution in [2.45, 2.75) is 45.6 Å². The molecule has 0 spiro atoms. The second-order valence-corrected chi connectivity index (χ2v) is 8.34. The number of carbonyl (C=O) groups is 1. The lowest BCUT2D eigenvalue weighted by Crippen LogP contribution is -2.40. The number of amides is 1. The zero-order valence-corrected chi connectivity index (χ0v) is 16.6. The van der Waals surface area contributed by atoms with E-state index in [0.717, 1.165) is 22.3 Å². The summed E-state index contributed by atoms with van der Waals surface area (Å²) in [5.74, 6) is -0.0333. The number of nitrogens with zero attached hydrogens (tertiary/aromatic N) is 2. The van der Waals surface area contributed by atoms with Crippen LogP contribution in [0.5, 0.6) is 0 Å². The van der Waals surface area contributed by atoms with Crippen LogP contribution in [0.15, 0.2) is 24.5 Å². The molecule has 1 aliphatic rings. The molecule has 27 heavy (non-hydrogen) atoms. The molecule has 3 rings (SSSR count). The van der Waals surface area contributed by atoms with Crippen molar-refractivity contribution in [1.29, 1.82) is 5.41 Å². The number of H-pyrrole nitrogens is 1. The van der Waals surface area contributed by atoms with Gasteiger partial charge in [-0.3, -0.25) is 10.3 Å². The molecule has 0 fully saturated rings. The number of nitrogens with one attached hydrogen (secondary N) is 2. The first kappa shape index (κ1) is 18.9. The molecule has 1 amide bonds. The molecule has 0 saturated carbocycles. The molecule has 3 heterocycles. The SMILES string of the molecule is COC(=N)C1=CN(C(=O)OC(C)(C)C)CC(C)(C)c2c1[nH]c1ncccc21. The highest BCUT2D eigenvalue weighted by atomic mass is 16.6. The monoisotopic (exact) mass is 370 g/mol. The molecule has 0 unspecified atom stereocenters. The minimum absolute atomic E-state index is 0.0333. The molecule has 144 valence electrons. The van der Waals surface area contributed by atoms with Crippen molar-refractivity contribution in [1.82, 2.24) is 14.9 Å². The van der Waals surface area contributed by atoms with E-state index in [4.69, 9.17) is 14.9 Å². The molecule has 0 radical (unpaired) electrons. The van der Waals surface area contributed by atoms with Crippen LogP contribution >= 0.6 is 0 Å². The fraction of sp³-hybridized carbons (Fsp3) is 0.450. The van der Waals surface area contributed by atoms with Gasteiger partial charge in [-0.25, -0.2) is 9.78 Å². The number of aromatic nitrogens is 2. The number of carbonyl (C=O) groups excluding carboxylic acids is 1. The van der Waals surface area contributed by atoms with Crippen molar-refractivity contribution < 1.29 is 14.3 Å². The Kier molecular flexibility index (Phi) is 4.49. The topological polar surface area (TPSA) is 91.3 Å². The molecule has 0 aliphatic carbocycles. The lowest BCUT2D eigenvalue weighted by atomic mass is 9.82. The van der Waals surface area contributed by atoms with Gasteiger partial charge in [0.2, 0.25) is 5.90 Å². The largest absolute Gasteiger partial charge is 0.481 e. The number of pyridine rings is 1. The minimum atomic E-state index is -0.610. The number of hydrogen-bond donors (Lipinski definition) is 2. The second kappa shape index (κ2) is 6.40. The predicted molar refractivity (Wildman–Crippen MR) is 105 cm³/mol. The smallest absolute Gasteiger partial charge is 0.414 e. The summed E-state index contributed by atoms with van der Waals surface area (Å²) in [6, 6.07) is 3.88. The van der Waals surface area contributed by atoms with Crippen LogP contribution in [-0.4, -0.2) is 46.1 Å². The molecule has 7 heteroatoms. The van der Waals surface area contributed by atoms with Gasteiger partial charge in [-0.05, 0) is 38.5 Å². The van der Waals surface area contributed by atoms with E-state index in [9.17, 15) is 4.79 Å². The highest BCUT2D eigenvalue weighted by Crippen LogP contribution is 2.40. The second-order valence-electron chi connectivity index (χ2n) is 8.34. The van der Waals surface area contributed by atoms with Gasteiger partial charge in [-0.15, -0.1) is 0 Å². The van der Waals surface area contributed by atoms with Crippen molar-refractivity contribution in [3.8, 4) is 0 Å². The van der Waals surface area contributed by atoms with Crippen LogP contribution < -0.4 is 0 Å². The first-order valence-corrected chi connectivity index (χ1v) is 8.85. The summed E-state index contributed by atoms with van der Waals surface area (Å²) in [4.78, 5) is 22.0. The predicted octanol–water partition coefficient (Wildman–Crippen LogP) is 4.06. The van der Waals surface area contributed by atoms with Gasteiger partial charge >= 0.3 is 6.09 Å². The molecule has 0 aromatic carbocycles. The maximum atomic E-state index is 12.8. The average molecular weight is 370 g/mol. The molecule has 2 aromatic rings. The van der Waals surface area contributed by atoms with E-state index in [1.165, 1.54) is 12.0 Å². The van der Waals surface area contributed by atoms with Gasteiger partial charge in [0.1, 0.15) is 11.2 Å². The number of hydrogen-bond acceptors (Lipinski definition) is 5. The third-order valence-corrected chi connectivity index (χ3v) is 4.44. The molecule has 0 saturated heterocycles. The van der Waals surface area contributed by atoms with Gasteiger partial charge in [0.25, 0.3) is 0 Å². The van der Waals surface area contributed by atoms with Crippen LogP contribution in [-0.2, 0) is 14.9 Å². The summed E-state index contributed by atoms with van der Waals surface area (Å²) in [7, 11) is 1.44. The number of aromatic amines is 1. The number of rotatable bonds is 1. The molecule has 1 aliphatic heterocycles. The quantitative estimate of drug-likeness (QED) is 0.585. The lowest BCUT2D eigenvalue weighted by Gasteiger charge is -2.31. The fourth-order valence-corrected chi connectivity index (χ4v) is 3.42. The summed E-state index contributed by atoms with van der Waals surface area (Å²) in [6.07, 6.45) is 2.90. The third-order valence-electron chi connectivity index (χ3n) is 4.44. The summed E-state index contributed by atoms with van der Waals surface area (Å²) in [5, 5.41) is 9.23. The van der Waals surface area contributed by atoms with E-state index in [2.05, 4.69) is 23.8 Å². The van der Waals surface area contributed by atoms with E-state index < -0.39 is 17.1 Å². The Labute approximate surface area is 158 Å². The zero-order chi connectivity index (χ0) is 20.0. The van der Waals surface area contributed by atoms with Crippen molar-refractivity contribution in [2.75, 3.05) is 13.7 Å². The van der Waals surface area contributed by atoms with Crippen molar-refractivity contribution in [3.05, 3.63) is 35.8 Å². The van der Waals surface area contributed by atoms with Gasteiger partial charge in [0, 0.05) is 29.7 Å². The van der Waals surface area contributed by atoms with Crippen LogP contribution in [0.25, 0.3) is 16.6 Å². The highest BCUT2D eigenvalue weighted by Gasteiger charge is 2.37. The Morgan fingerprint density at radius 2 is 2.07 bits per heavy atom. The Morgan fingerprint density at radius 1 is 1.37 bits per heavy atom. The van der Waals surface area contributed by atoms with E-state index in [1.807, 2.05) is 32.9 Å². The van der Waals surface area contributed by atoms with Gasteiger partial charge in [-0.1, -0.05) is 13.8 Å². The zero-order valence-electron chi connectivity index (χ0n) is 16.6. The average Bonchev–Trinajstić information content (AvgIpc) is 2.90. The molecule has 0 bridgehead atoms. The minimum Gasteiger partial charge on any atom is -0.481 e. The van der Waals surface area contributed by atoms with Crippen LogP contribution in [0.2, 0.25) is 0 Å². The van der Waals surface area contributed by atoms with E-state index in [-0.39, 0.29) is 5.90 Å². The first-order chi connectivity index (χ1) is 12.5.